The van der Waals surface area contributed by atoms with Crippen molar-refractivity contribution in [3.63, 3.8) is 0 Å². The fourth-order valence-corrected chi connectivity index (χ4v) is 2.15. The number of imidazole rings is 1. The van der Waals surface area contributed by atoms with Crippen LogP contribution in [-0.4, -0.2) is 15.0 Å². The summed E-state index contributed by atoms with van der Waals surface area (Å²) in [6.07, 6.45) is 0. The molecule has 0 unspecified atom stereocenters. The van der Waals surface area contributed by atoms with Crippen molar-refractivity contribution in [2.45, 2.75) is 0 Å². The molecular weight excluding hydrogens is 299 g/mol. The summed E-state index contributed by atoms with van der Waals surface area (Å²) in [6.45, 7) is 0. The van der Waals surface area contributed by atoms with Gasteiger partial charge in [-0.2, -0.15) is 0 Å². The lowest BCUT2D eigenvalue weighted by Crippen LogP contribution is -1.88. The molecule has 3 rings (SSSR count). The largest absolute Gasteiger partial charge is 0.384 e. The van der Waals surface area contributed by atoms with Crippen molar-refractivity contribution in [1.29, 1.82) is 0 Å². The molecular formula is C12H8BrFN4. The molecule has 0 aliphatic heterocycles. The number of fused-ring (bicyclic) bond motifs is 1. The van der Waals surface area contributed by atoms with Crippen molar-refractivity contribution in [3.05, 3.63) is 40.6 Å². The number of halogens is 2. The van der Waals surface area contributed by atoms with Gasteiger partial charge in [0.1, 0.15) is 17.5 Å². The summed E-state index contributed by atoms with van der Waals surface area (Å²) in [6, 6.07) is 7.91. The van der Waals surface area contributed by atoms with Crippen molar-refractivity contribution in [3.8, 4) is 11.4 Å². The Morgan fingerprint density at radius 2 is 2.00 bits per heavy atom. The maximum atomic E-state index is 13.3. The molecule has 90 valence electrons. The minimum atomic E-state index is -0.318. The Bertz CT molecular complexity index is 738. The maximum Gasteiger partial charge on any atom is 0.180 e. The molecule has 6 heteroatoms. The average molecular weight is 307 g/mol. The van der Waals surface area contributed by atoms with Gasteiger partial charge in [-0.1, -0.05) is 15.9 Å². The summed E-state index contributed by atoms with van der Waals surface area (Å²) < 4.78 is 14.0. The Morgan fingerprint density at radius 3 is 2.83 bits per heavy atom. The molecule has 2 aromatic heterocycles. The smallest absolute Gasteiger partial charge is 0.180 e. The van der Waals surface area contributed by atoms with E-state index >= 15 is 0 Å². The van der Waals surface area contributed by atoms with Gasteiger partial charge in [-0.3, -0.25) is 0 Å². The maximum absolute atomic E-state index is 13.3. The predicted molar refractivity (Wildman–Crippen MR) is 71.4 cm³/mol. The van der Waals surface area contributed by atoms with Crippen molar-refractivity contribution >= 4 is 32.9 Å². The summed E-state index contributed by atoms with van der Waals surface area (Å²) in [4.78, 5) is 11.5. The first-order valence-corrected chi connectivity index (χ1v) is 6.00. The Kier molecular flexibility index (Phi) is 2.52. The monoisotopic (exact) mass is 306 g/mol. The standard InChI is InChI=1S/C12H8BrFN4/c13-8-2-1-6(14)5-7(8)11-16-9-3-4-10(15)17-12(9)18-11/h1-5H,(H3,15,16,17,18). The van der Waals surface area contributed by atoms with Gasteiger partial charge in [0.15, 0.2) is 5.65 Å². The number of nitrogens with two attached hydrogens (primary N) is 1. The van der Waals surface area contributed by atoms with Crippen LogP contribution in [-0.2, 0) is 0 Å². The van der Waals surface area contributed by atoms with Gasteiger partial charge >= 0.3 is 0 Å². The normalized spacial score (nSPS) is 11.0. The van der Waals surface area contributed by atoms with Crippen LogP contribution in [0.4, 0.5) is 10.2 Å². The number of benzene rings is 1. The van der Waals surface area contributed by atoms with Gasteiger partial charge in [-0.05, 0) is 30.3 Å². The quantitative estimate of drug-likeness (QED) is 0.726. The SMILES string of the molecule is Nc1ccc2[nH]c(-c3cc(F)ccc3Br)nc2n1. The fraction of sp³-hybridized carbons (Fsp3) is 0. The van der Waals surface area contributed by atoms with Crippen LogP contribution in [0.1, 0.15) is 0 Å². The number of hydrogen-bond acceptors (Lipinski definition) is 3. The number of H-pyrrole nitrogens is 1. The average Bonchev–Trinajstić information content (AvgIpc) is 2.74. The third-order valence-corrected chi connectivity index (χ3v) is 3.24. The number of pyridine rings is 1. The van der Waals surface area contributed by atoms with E-state index in [-0.39, 0.29) is 5.82 Å². The van der Waals surface area contributed by atoms with E-state index < -0.39 is 0 Å². The molecule has 0 saturated heterocycles. The van der Waals surface area contributed by atoms with Gasteiger partial charge in [0, 0.05) is 10.0 Å². The molecule has 0 radical (unpaired) electrons. The Morgan fingerprint density at radius 1 is 1.17 bits per heavy atom. The summed E-state index contributed by atoms with van der Waals surface area (Å²) in [5.41, 5.74) is 7.51. The van der Waals surface area contributed by atoms with Crippen LogP contribution in [0.3, 0.4) is 0 Å². The van der Waals surface area contributed by atoms with Crippen LogP contribution in [0, 0.1) is 5.82 Å². The predicted octanol–water partition coefficient (Wildman–Crippen LogP) is 3.11. The Labute approximate surface area is 110 Å². The Balaban J connectivity index is 2.22. The zero-order chi connectivity index (χ0) is 12.7. The number of nitrogen functional groups attached to an aromatic ring is 1. The molecule has 1 aromatic carbocycles. The molecule has 18 heavy (non-hydrogen) atoms. The van der Waals surface area contributed by atoms with E-state index in [1.165, 1.54) is 12.1 Å². The van der Waals surface area contributed by atoms with Crippen LogP contribution in [0.25, 0.3) is 22.6 Å². The van der Waals surface area contributed by atoms with E-state index in [1.807, 2.05) is 0 Å². The second-order valence-corrected chi connectivity index (χ2v) is 4.67. The first-order chi connectivity index (χ1) is 8.63. The van der Waals surface area contributed by atoms with E-state index in [0.717, 1.165) is 9.99 Å². The lowest BCUT2D eigenvalue weighted by atomic mass is 10.2. The molecule has 3 aromatic rings. The van der Waals surface area contributed by atoms with Crippen molar-refractivity contribution in [1.82, 2.24) is 15.0 Å². The molecule has 0 aliphatic rings. The zero-order valence-corrected chi connectivity index (χ0v) is 10.7. The summed E-state index contributed by atoms with van der Waals surface area (Å²) in [7, 11) is 0. The van der Waals surface area contributed by atoms with Gasteiger partial charge in [0.05, 0.1) is 5.52 Å². The molecule has 0 fully saturated rings. The van der Waals surface area contributed by atoms with E-state index in [0.29, 0.717) is 22.9 Å². The van der Waals surface area contributed by atoms with Crippen LogP contribution >= 0.6 is 15.9 Å². The van der Waals surface area contributed by atoms with E-state index in [1.54, 1.807) is 18.2 Å². The fourth-order valence-electron chi connectivity index (χ4n) is 1.71. The number of anilines is 1. The molecule has 0 bridgehead atoms. The highest BCUT2D eigenvalue weighted by Crippen LogP contribution is 2.28. The first-order valence-electron chi connectivity index (χ1n) is 5.21. The van der Waals surface area contributed by atoms with Crippen molar-refractivity contribution in [2.75, 3.05) is 5.73 Å². The molecule has 4 nitrogen and oxygen atoms in total. The minimum Gasteiger partial charge on any atom is -0.384 e. The van der Waals surface area contributed by atoms with Gasteiger partial charge in [0.2, 0.25) is 0 Å². The summed E-state index contributed by atoms with van der Waals surface area (Å²) >= 11 is 3.37. The molecule has 0 spiro atoms. The van der Waals surface area contributed by atoms with Crippen LogP contribution in [0.15, 0.2) is 34.8 Å². The number of nitrogens with zero attached hydrogens (tertiary/aromatic N) is 2. The third kappa shape index (κ3) is 1.84. The second-order valence-electron chi connectivity index (χ2n) is 3.82. The number of aromatic amines is 1. The van der Waals surface area contributed by atoms with Gasteiger partial charge in [0.25, 0.3) is 0 Å². The van der Waals surface area contributed by atoms with Crippen molar-refractivity contribution in [2.24, 2.45) is 0 Å². The topological polar surface area (TPSA) is 67.6 Å². The number of nitrogens with one attached hydrogen (secondary N) is 1. The molecule has 0 saturated carbocycles. The lowest BCUT2D eigenvalue weighted by Gasteiger charge is -2.00. The van der Waals surface area contributed by atoms with Crippen LogP contribution in [0.5, 0.6) is 0 Å². The number of hydrogen-bond donors (Lipinski definition) is 2. The van der Waals surface area contributed by atoms with E-state index in [4.69, 9.17) is 5.73 Å². The van der Waals surface area contributed by atoms with E-state index in [2.05, 4.69) is 30.9 Å². The molecule has 0 amide bonds. The highest BCUT2D eigenvalue weighted by Gasteiger charge is 2.10. The number of aromatic nitrogens is 3. The first kappa shape index (κ1) is 11.2. The molecule has 0 aliphatic carbocycles. The second kappa shape index (κ2) is 4.06. The molecule has 0 atom stereocenters. The lowest BCUT2D eigenvalue weighted by molar-refractivity contribution is 0.628. The van der Waals surface area contributed by atoms with Gasteiger partial charge in [-0.15, -0.1) is 0 Å². The van der Waals surface area contributed by atoms with Crippen LogP contribution < -0.4 is 5.73 Å². The molecule has 2 heterocycles. The van der Waals surface area contributed by atoms with Crippen molar-refractivity contribution < 1.29 is 4.39 Å². The minimum absolute atomic E-state index is 0.318. The Hall–Kier alpha value is -1.95. The number of rotatable bonds is 1. The summed E-state index contributed by atoms with van der Waals surface area (Å²) in [5.74, 6) is 0.634. The zero-order valence-electron chi connectivity index (χ0n) is 9.11. The summed E-state index contributed by atoms with van der Waals surface area (Å²) in [5, 5.41) is 0. The van der Waals surface area contributed by atoms with Crippen LogP contribution in [0.2, 0.25) is 0 Å². The highest BCUT2D eigenvalue weighted by molar-refractivity contribution is 9.10. The highest BCUT2D eigenvalue weighted by atomic mass is 79.9. The third-order valence-electron chi connectivity index (χ3n) is 2.55. The van der Waals surface area contributed by atoms with E-state index in [9.17, 15) is 4.39 Å². The van der Waals surface area contributed by atoms with Gasteiger partial charge in [-0.25, -0.2) is 14.4 Å². The molecule has 3 N–H and O–H groups in total. The van der Waals surface area contributed by atoms with Gasteiger partial charge < -0.3 is 10.7 Å².